The van der Waals surface area contributed by atoms with E-state index < -0.39 is 17.7 Å². The van der Waals surface area contributed by atoms with Crippen molar-refractivity contribution in [2.24, 2.45) is 0 Å². The van der Waals surface area contributed by atoms with Crippen molar-refractivity contribution >= 4 is 39.9 Å². The predicted molar refractivity (Wildman–Crippen MR) is 105 cm³/mol. The summed E-state index contributed by atoms with van der Waals surface area (Å²) in [4.78, 5) is 28.5. The van der Waals surface area contributed by atoms with E-state index in [9.17, 15) is 14.0 Å². The Kier molecular flexibility index (Phi) is 6.04. The number of carbonyl (C=O) groups is 2. The molecule has 0 atom stereocenters. The molecule has 0 aliphatic heterocycles. The zero-order chi connectivity index (χ0) is 21.1. The van der Waals surface area contributed by atoms with Crippen LogP contribution in [0.4, 0.5) is 9.52 Å². The lowest BCUT2D eigenvalue weighted by Crippen LogP contribution is -2.14. The van der Waals surface area contributed by atoms with Crippen LogP contribution >= 0.6 is 22.9 Å². The van der Waals surface area contributed by atoms with E-state index in [4.69, 9.17) is 16.3 Å². The minimum Gasteiger partial charge on any atom is -0.496 e. The van der Waals surface area contributed by atoms with E-state index in [1.807, 2.05) is 0 Å². The quantitative estimate of drug-likeness (QED) is 0.607. The number of pyridine rings is 1. The van der Waals surface area contributed by atoms with Gasteiger partial charge < -0.3 is 9.47 Å². The molecule has 0 aliphatic rings. The summed E-state index contributed by atoms with van der Waals surface area (Å²) in [5, 5.41) is 9.83. The SMILES string of the molecule is COC(=O)c1nnc(NC(=O)c2cnc(C)cc2-c2c(OC)ccc(Cl)c2F)s1. The Morgan fingerprint density at radius 2 is 2.00 bits per heavy atom. The summed E-state index contributed by atoms with van der Waals surface area (Å²) < 4.78 is 24.6. The molecule has 29 heavy (non-hydrogen) atoms. The number of halogens is 2. The van der Waals surface area contributed by atoms with Gasteiger partial charge in [-0.1, -0.05) is 22.9 Å². The van der Waals surface area contributed by atoms with Crippen molar-refractivity contribution in [2.45, 2.75) is 6.92 Å². The summed E-state index contributed by atoms with van der Waals surface area (Å²) in [5.74, 6) is -1.82. The van der Waals surface area contributed by atoms with Gasteiger partial charge in [-0.2, -0.15) is 0 Å². The Labute approximate surface area is 173 Å². The first kappa shape index (κ1) is 20.6. The summed E-state index contributed by atoms with van der Waals surface area (Å²) in [7, 11) is 2.59. The maximum absolute atomic E-state index is 14.8. The first-order chi connectivity index (χ1) is 13.8. The summed E-state index contributed by atoms with van der Waals surface area (Å²) in [6, 6.07) is 4.42. The van der Waals surface area contributed by atoms with Gasteiger partial charge in [0.25, 0.3) is 5.91 Å². The highest BCUT2D eigenvalue weighted by atomic mass is 35.5. The predicted octanol–water partition coefficient (Wildman–Crippen LogP) is 3.75. The van der Waals surface area contributed by atoms with Gasteiger partial charge in [0.15, 0.2) is 5.82 Å². The van der Waals surface area contributed by atoms with Gasteiger partial charge in [0.05, 0.1) is 30.4 Å². The summed E-state index contributed by atoms with van der Waals surface area (Å²) in [6.45, 7) is 1.70. The van der Waals surface area contributed by atoms with Crippen molar-refractivity contribution in [3.05, 3.63) is 51.5 Å². The monoisotopic (exact) mass is 436 g/mol. The lowest BCUT2D eigenvalue weighted by molar-refractivity contribution is 0.0599. The molecule has 150 valence electrons. The smallest absolute Gasteiger partial charge is 0.369 e. The Hall–Kier alpha value is -3.11. The second kappa shape index (κ2) is 8.50. The van der Waals surface area contributed by atoms with Crippen LogP contribution in [0.3, 0.4) is 0 Å². The summed E-state index contributed by atoms with van der Waals surface area (Å²) in [6.07, 6.45) is 1.31. The standard InChI is InChI=1S/C18H14ClFN4O4S/c1-8-6-9(13-12(27-2)5-4-11(19)14(13)20)10(7-21-8)15(25)22-18-24-23-16(29-18)17(26)28-3/h4-7H,1-3H3,(H,22,24,25). The van der Waals surface area contributed by atoms with Crippen molar-refractivity contribution < 1.29 is 23.5 Å². The molecule has 11 heteroatoms. The molecule has 0 fully saturated rings. The molecule has 2 aromatic heterocycles. The third-order valence-corrected chi connectivity index (χ3v) is 4.95. The van der Waals surface area contributed by atoms with Crippen LogP contribution in [0.15, 0.2) is 24.4 Å². The van der Waals surface area contributed by atoms with Gasteiger partial charge in [0.2, 0.25) is 10.1 Å². The number of hydrogen-bond donors (Lipinski definition) is 1. The van der Waals surface area contributed by atoms with E-state index in [1.165, 1.54) is 32.5 Å². The second-order valence-electron chi connectivity index (χ2n) is 5.67. The number of amides is 1. The molecule has 3 rings (SSSR count). The molecule has 1 N–H and O–H groups in total. The molecule has 0 aliphatic carbocycles. The van der Waals surface area contributed by atoms with E-state index in [0.29, 0.717) is 5.69 Å². The van der Waals surface area contributed by atoms with E-state index in [2.05, 4.69) is 25.2 Å². The number of anilines is 1. The zero-order valence-corrected chi connectivity index (χ0v) is 17.0. The fourth-order valence-corrected chi connectivity index (χ4v) is 3.32. The highest BCUT2D eigenvalue weighted by molar-refractivity contribution is 7.17. The molecule has 2 heterocycles. The Morgan fingerprint density at radius 3 is 2.69 bits per heavy atom. The largest absolute Gasteiger partial charge is 0.496 e. The molecule has 1 aromatic carbocycles. The van der Waals surface area contributed by atoms with Crippen LogP contribution < -0.4 is 10.1 Å². The van der Waals surface area contributed by atoms with Crippen LogP contribution in [0.1, 0.15) is 25.9 Å². The number of nitrogens with one attached hydrogen (secondary N) is 1. The second-order valence-corrected chi connectivity index (χ2v) is 7.05. The number of carbonyl (C=O) groups excluding carboxylic acids is 2. The minimum absolute atomic E-state index is 0.0207. The molecule has 0 bridgehead atoms. The van der Waals surface area contributed by atoms with Crippen molar-refractivity contribution in [1.29, 1.82) is 0 Å². The fraction of sp³-hybridized carbons (Fsp3) is 0.167. The van der Waals surface area contributed by atoms with Gasteiger partial charge in [-0.25, -0.2) is 9.18 Å². The van der Waals surface area contributed by atoms with E-state index in [0.717, 1.165) is 11.3 Å². The summed E-state index contributed by atoms with van der Waals surface area (Å²) >= 11 is 6.77. The van der Waals surface area contributed by atoms with Gasteiger partial charge in [-0.15, -0.1) is 10.2 Å². The minimum atomic E-state index is -0.727. The van der Waals surface area contributed by atoms with E-state index >= 15 is 0 Å². The molecule has 0 saturated carbocycles. The van der Waals surface area contributed by atoms with Crippen LogP contribution in [0.5, 0.6) is 5.75 Å². The van der Waals surface area contributed by atoms with Crippen molar-refractivity contribution in [1.82, 2.24) is 15.2 Å². The zero-order valence-electron chi connectivity index (χ0n) is 15.4. The molecule has 0 spiro atoms. The average molecular weight is 437 g/mol. The molecule has 1 amide bonds. The third-order valence-electron chi connectivity index (χ3n) is 3.84. The van der Waals surface area contributed by atoms with E-state index in [1.54, 1.807) is 13.0 Å². The molecule has 0 radical (unpaired) electrons. The number of benzene rings is 1. The Balaban J connectivity index is 2.04. The number of aromatic nitrogens is 3. The normalized spacial score (nSPS) is 10.5. The van der Waals surface area contributed by atoms with Gasteiger partial charge in [-0.05, 0) is 25.1 Å². The Bertz CT molecular complexity index is 1110. The van der Waals surface area contributed by atoms with Crippen molar-refractivity contribution in [2.75, 3.05) is 19.5 Å². The van der Waals surface area contributed by atoms with Gasteiger partial charge in [-0.3, -0.25) is 15.1 Å². The fourth-order valence-electron chi connectivity index (χ4n) is 2.51. The molecule has 8 nitrogen and oxygen atoms in total. The number of nitrogens with zero attached hydrogens (tertiary/aromatic N) is 3. The van der Waals surface area contributed by atoms with Gasteiger partial charge in [0, 0.05) is 17.5 Å². The number of rotatable bonds is 5. The lowest BCUT2D eigenvalue weighted by Gasteiger charge is -2.14. The number of esters is 1. The molecule has 3 aromatic rings. The first-order valence-corrected chi connectivity index (χ1v) is 9.27. The van der Waals surface area contributed by atoms with Crippen LogP contribution in [-0.4, -0.2) is 41.3 Å². The maximum Gasteiger partial charge on any atom is 0.369 e. The van der Waals surface area contributed by atoms with Crippen LogP contribution in [-0.2, 0) is 4.74 Å². The molecule has 0 unspecified atom stereocenters. The van der Waals surface area contributed by atoms with Crippen LogP contribution in [0, 0.1) is 12.7 Å². The number of hydrogen-bond acceptors (Lipinski definition) is 8. The Morgan fingerprint density at radius 1 is 1.24 bits per heavy atom. The maximum atomic E-state index is 14.8. The van der Waals surface area contributed by atoms with E-state index in [-0.39, 0.29) is 37.6 Å². The lowest BCUT2D eigenvalue weighted by atomic mass is 9.98. The third kappa shape index (κ3) is 4.17. The first-order valence-electron chi connectivity index (χ1n) is 8.07. The van der Waals surface area contributed by atoms with Crippen LogP contribution in [0.25, 0.3) is 11.1 Å². The highest BCUT2D eigenvalue weighted by Gasteiger charge is 2.23. The highest BCUT2D eigenvalue weighted by Crippen LogP contribution is 2.38. The average Bonchev–Trinajstić information content (AvgIpc) is 3.17. The van der Waals surface area contributed by atoms with Gasteiger partial charge in [0.1, 0.15) is 5.75 Å². The van der Waals surface area contributed by atoms with Crippen molar-refractivity contribution in [3.8, 4) is 16.9 Å². The molecular formula is C18H14ClFN4O4S. The molecular weight excluding hydrogens is 423 g/mol. The number of ether oxygens (including phenoxy) is 2. The number of methoxy groups -OCH3 is 2. The summed E-state index contributed by atoms with van der Waals surface area (Å²) in [5.41, 5.74) is 0.888. The number of aryl methyl sites for hydroxylation is 1. The van der Waals surface area contributed by atoms with Crippen molar-refractivity contribution in [3.63, 3.8) is 0 Å². The van der Waals surface area contributed by atoms with Crippen LogP contribution in [0.2, 0.25) is 5.02 Å². The molecule has 0 saturated heterocycles. The topological polar surface area (TPSA) is 103 Å². The van der Waals surface area contributed by atoms with Gasteiger partial charge >= 0.3 is 5.97 Å².